The van der Waals surface area contributed by atoms with E-state index in [9.17, 15) is 18.0 Å². The van der Waals surface area contributed by atoms with Gasteiger partial charge in [-0.15, -0.1) is 0 Å². The zero-order chi connectivity index (χ0) is 20.9. The van der Waals surface area contributed by atoms with E-state index in [2.05, 4.69) is 22.2 Å². The van der Waals surface area contributed by atoms with Gasteiger partial charge in [-0.1, -0.05) is 36.9 Å². The van der Waals surface area contributed by atoms with Crippen LogP contribution in [0.1, 0.15) is 47.8 Å². The largest absolute Gasteiger partial charge is 0.433 e. The lowest BCUT2D eigenvalue weighted by Crippen LogP contribution is -2.28. The van der Waals surface area contributed by atoms with Gasteiger partial charge in [0.15, 0.2) is 0 Å². The summed E-state index contributed by atoms with van der Waals surface area (Å²) in [7, 11) is 1.86. The van der Waals surface area contributed by atoms with Gasteiger partial charge in [-0.3, -0.25) is 4.79 Å². The van der Waals surface area contributed by atoms with Crippen LogP contribution >= 0.6 is 0 Å². The van der Waals surface area contributed by atoms with E-state index in [4.69, 9.17) is 0 Å². The number of allylic oxidation sites excluding steroid dienone is 1. The highest BCUT2D eigenvalue weighted by molar-refractivity contribution is 5.83. The van der Waals surface area contributed by atoms with Crippen LogP contribution in [0.5, 0.6) is 0 Å². The second-order valence-electron chi connectivity index (χ2n) is 6.69. The first-order chi connectivity index (χ1) is 13.1. The van der Waals surface area contributed by atoms with Crippen molar-refractivity contribution in [1.29, 1.82) is 0 Å². The molecule has 1 unspecified atom stereocenters. The molecule has 1 atom stereocenters. The fourth-order valence-electron chi connectivity index (χ4n) is 2.77. The van der Waals surface area contributed by atoms with E-state index < -0.39 is 11.9 Å². The lowest BCUT2D eigenvalue weighted by molar-refractivity contribution is -0.141. The van der Waals surface area contributed by atoms with Crippen LogP contribution in [0.4, 0.5) is 13.2 Å². The molecule has 28 heavy (non-hydrogen) atoms. The standard InChI is InChI=1S/C21H24F3N3O/c1-13(2)19-17(9-10-18(27-19)21(22,23)24)12-26-20(28)14(3)16-7-5-15(6-8-16)11-25-4/h5-10,14,25H,1,11-12H2,2-4H3,(H,26,28). The molecule has 1 aromatic carbocycles. The molecule has 0 aliphatic heterocycles. The van der Waals surface area contributed by atoms with Crippen LogP contribution in [-0.4, -0.2) is 17.9 Å². The van der Waals surface area contributed by atoms with Crippen molar-refractivity contribution in [1.82, 2.24) is 15.6 Å². The van der Waals surface area contributed by atoms with Crippen molar-refractivity contribution in [2.24, 2.45) is 0 Å². The van der Waals surface area contributed by atoms with E-state index >= 15 is 0 Å². The summed E-state index contributed by atoms with van der Waals surface area (Å²) in [5, 5.41) is 5.84. The maximum Gasteiger partial charge on any atom is 0.433 e. The van der Waals surface area contributed by atoms with E-state index in [-0.39, 0.29) is 24.1 Å². The number of alkyl halides is 3. The molecule has 7 heteroatoms. The minimum absolute atomic E-state index is 0.0777. The van der Waals surface area contributed by atoms with Gasteiger partial charge in [0.25, 0.3) is 0 Å². The summed E-state index contributed by atoms with van der Waals surface area (Å²) in [6.07, 6.45) is -4.53. The molecule has 1 amide bonds. The summed E-state index contributed by atoms with van der Waals surface area (Å²) < 4.78 is 38.6. The Morgan fingerprint density at radius 1 is 1.14 bits per heavy atom. The Morgan fingerprint density at radius 3 is 2.32 bits per heavy atom. The van der Waals surface area contributed by atoms with Crippen LogP contribution in [0.15, 0.2) is 43.0 Å². The first-order valence-corrected chi connectivity index (χ1v) is 8.87. The number of nitrogens with zero attached hydrogens (tertiary/aromatic N) is 1. The maximum absolute atomic E-state index is 12.9. The highest BCUT2D eigenvalue weighted by Gasteiger charge is 2.33. The number of carbonyl (C=O) groups excluding carboxylic acids is 1. The summed E-state index contributed by atoms with van der Waals surface area (Å²) in [4.78, 5) is 16.2. The molecule has 0 fully saturated rings. The van der Waals surface area contributed by atoms with E-state index in [0.29, 0.717) is 11.1 Å². The Hall–Kier alpha value is -2.67. The van der Waals surface area contributed by atoms with Crippen LogP contribution in [0, 0.1) is 0 Å². The van der Waals surface area contributed by atoms with Crippen LogP contribution in [0.2, 0.25) is 0 Å². The number of benzene rings is 1. The third-order valence-corrected chi connectivity index (χ3v) is 4.38. The monoisotopic (exact) mass is 391 g/mol. The predicted molar refractivity (Wildman–Crippen MR) is 103 cm³/mol. The predicted octanol–water partition coefficient (Wildman–Crippen LogP) is 4.27. The van der Waals surface area contributed by atoms with Gasteiger partial charge in [0.05, 0.1) is 11.6 Å². The number of aromatic nitrogens is 1. The summed E-state index contributed by atoms with van der Waals surface area (Å²) in [5.74, 6) is -0.603. The zero-order valence-electron chi connectivity index (χ0n) is 16.2. The Morgan fingerprint density at radius 2 is 1.79 bits per heavy atom. The first-order valence-electron chi connectivity index (χ1n) is 8.87. The second kappa shape index (κ2) is 9.01. The minimum atomic E-state index is -4.53. The molecular formula is C21H24F3N3O. The fourth-order valence-corrected chi connectivity index (χ4v) is 2.77. The van der Waals surface area contributed by atoms with Crippen molar-refractivity contribution >= 4 is 11.5 Å². The molecule has 0 bridgehead atoms. The average molecular weight is 391 g/mol. The van der Waals surface area contributed by atoms with Gasteiger partial charge in [-0.2, -0.15) is 13.2 Å². The summed E-state index contributed by atoms with van der Waals surface area (Å²) in [6.45, 7) is 7.89. The first kappa shape index (κ1) is 21.6. The minimum Gasteiger partial charge on any atom is -0.351 e. The number of nitrogens with one attached hydrogen (secondary N) is 2. The molecule has 2 rings (SSSR count). The molecule has 2 N–H and O–H groups in total. The number of rotatable bonds is 7. The van der Waals surface area contributed by atoms with Gasteiger partial charge in [0.2, 0.25) is 5.91 Å². The molecule has 1 heterocycles. The Balaban J connectivity index is 2.10. The van der Waals surface area contributed by atoms with E-state index in [0.717, 1.165) is 23.7 Å². The molecule has 0 aliphatic rings. The van der Waals surface area contributed by atoms with E-state index in [1.54, 1.807) is 13.8 Å². The lowest BCUT2D eigenvalue weighted by Gasteiger charge is -2.16. The smallest absolute Gasteiger partial charge is 0.351 e. The number of pyridine rings is 1. The van der Waals surface area contributed by atoms with Gasteiger partial charge in [0, 0.05) is 13.1 Å². The van der Waals surface area contributed by atoms with Crippen molar-refractivity contribution in [2.75, 3.05) is 7.05 Å². The van der Waals surface area contributed by atoms with Gasteiger partial charge in [-0.05, 0) is 49.2 Å². The highest BCUT2D eigenvalue weighted by Crippen LogP contribution is 2.29. The van der Waals surface area contributed by atoms with Crippen LogP contribution in [-0.2, 0) is 24.1 Å². The number of carbonyl (C=O) groups is 1. The van der Waals surface area contributed by atoms with Crippen molar-refractivity contribution in [3.05, 3.63) is 71.1 Å². The van der Waals surface area contributed by atoms with E-state index in [1.807, 2.05) is 31.3 Å². The van der Waals surface area contributed by atoms with Gasteiger partial charge in [-0.25, -0.2) is 4.98 Å². The quantitative estimate of drug-likeness (QED) is 0.741. The molecule has 150 valence electrons. The number of hydrogen-bond acceptors (Lipinski definition) is 3. The third-order valence-electron chi connectivity index (χ3n) is 4.38. The molecule has 0 spiro atoms. The molecule has 4 nitrogen and oxygen atoms in total. The Bertz CT molecular complexity index is 845. The molecule has 1 aromatic heterocycles. The molecule has 2 aromatic rings. The Kier molecular flexibility index (Phi) is 6.96. The van der Waals surface area contributed by atoms with Gasteiger partial charge in [0.1, 0.15) is 5.69 Å². The zero-order valence-corrected chi connectivity index (χ0v) is 16.2. The summed E-state index contributed by atoms with van der Waals surface area (Å²) in [5.41, 5.74) is 2.05. The summed E-state index contributed by atoms with van der Waals surface area (Å²) >= 11 is 0. The van der Waals surface area contributed by atoms with Gasteiger partial charge < -0.3 is 10.6 Å². The van der Waals surface area contributed by atoms with Crippen LogP contribution < -0.4 is 10.6 Å². The molecular weight excluding hydrogens is 367 g/mol. The molecule has 0 aliphatic carbocycles. The SMILES string of the molecule is C=C(C)c1nc(C(F)(F)F)ccc1CNC(=O)C(C)c1ccc(CNC)cc1. The number of halogens is 3. The highest BCUT2D eigenvalue weighted by atomic mass is 19.4. The summed E-state index contributed by atoms with van der Waals surface area (Å²) in [6, 6.07) is 9.95. The van der Waals surface area contributed by atoms with Crippen molar-refractivity contribution in [3.63, 3.8) is 0 Å². The molecule has 0 radical (unpaired) electrons. The van der Waals surface area contributed by atoms with Crippen LogP contribution in [0.3, 0.4) is 0 Å². The van der Waals surface area contributed by atoms with Crippen molar-refractivity contribution in [3.8, 4) is 0 Å². The third kappa shape index (κ3) is 5.42. The number of hydrogen-bond donors (Lipinski definition) is 2. The Labute approximate surface area is 162 Å². The average Bonchev–Trinajstić information content (AvgIpc) is 2.65. The van der Waals surface area contributed by atoms with Gasteiger partial charge >= 0.3 is 6.18 Å². The normalized spacial score (nSPS) is 12.5. The molecule has 0 saturated heterocycles. The van der Waals surface area contributed by atoms with E-state index in [1.165, 1.54) is 6.07 Å². The topological polar surface area (TPSA) is 54.0 Å². The second-order valence-corrected chi connectivity index (χ2v) is 6.69. The maximum atomic E-state index is 12.9. The van der Waals surface area contributed by atoms with Crippen molar-refractivity contribution in [2.45, 2.75) is 39.0 Å². The van der Waals surface area contributed by atoms with Crippen molar-refractivity contribution < 1.29 is 18.0 Å². The van der Waals surface area contributed by atoms with Crippen LogP contribution in [0.25, 0.3) is 5.57 Å². The fraction of sp³-hybridized carbons (Fsp3) is 0.333. The molecule has 0 saturated carbocycles. The number of amides is 1. The lowest BCUT2D eigenvalue weighted by atomic mass is 9.98.